The summed E-state index contributed by atoms with van der Waals surface area (Å²) in [5, 5.41) is 0. The van der Waals surface area contributed by atoms with Gasteiger partial charge in [-0.05, 0) is 17.9 Å². The van der Waals surface area contributed by atoms with Gasteiger partial charge in [-0.25, -0.2) is 0 Å². The first kappa shape index (κ1) is 10.2. The summed E-state index contributed by atoms with van der Waals surface area (Å²) in [6.07, 6.45) is 1.81. The second-order valence-electron chi connectivity index (χ2n) is 4.25. The van der Waals surface area contributed by atoms with Crippen molar-refractivity contribution >= 4 is 5.91 Å². The Morgan fingerprint density at radius 2 is 2.00 bits per heavy atom. The summed E-state index contributed by atoms with van der Waals surface area (Å²) < 4.78 is 0. The zero-order valence-electron chi connectivity index (χ0n) is 9.15. The van der Waals surface area contributed by atoms with Gasteiger partial charge in [-0.3, -0.25) is 4.79 Å². The summed E-state index contributed by atoms with van der Waals surface area (Å²) >= 11 is 0. The van der Waals surface area contributed by atoms with E-state index in [1.54, 1.807) is 0 Å². The summed E-state index contributed by atoms with van der Waals surface area (Å²) in [5.74, 6) is 0.636. The standard InChI is InChI=1S/C13H17NO/c1-11(12-6-3-2-4-7-12)10-13(15)14-8-5-9-14/h2-4,6-7,11H,5,8-10H2,1H3. The molecule has 1 aromatic rings. The van der Waals surface area contributed by atoms with Gasteiger partial charge in [-0.2, -0.15) is 0 Å². The Kier molecular flexibility index (Phi) is 3.05. The van der Waals surface area contributed by atoms with Gasteiger partial charge in [0.15, 0.2) is 0 Å². The lowest BCUT2D eigenvalue weighted by Gasteiger charge is -2.31. The van der Waals surface area contributed by atoms with Gasteiger partial charge in [-0.15, -0.1) is 0 Å². The monoisotopic (exact) mass is 203 g/mol. The molecule has 15 heavy (non-hydrogen) atoms. The van der Waals surface area contributed by atoms with Crippen LogP contribution in [0.3, 0.4) is 0 Å². The number of likely N-dealkylation sites (tertiary alicyclic amines) is 1. The maximum Gasteiger partial charge on any atom is 0.223 e. The van der Waals surface area contributed by atoms with Gasteiger partial charge >= 0.3 is 0 Å². The van der Waals surface area contributed by atoms with E-state index in [1.165, 1.54) is 12.0 Å². The molecule has 0 radical (unpaired) electrons. The minimum Gasteiger partial charge on any atom is -0.343 e. The Labute approximate surface area is 90.9 Å². The van der Waals surface area contributed by atoms with Crippen LogP contribution in [0.15, 0.2) is 30.3 Å². The Morgan fingerprint density at radius 1 is 1.33 bits per heavy atom. The van der Waals surface area contributed by atoms with E-state index >= 15 is 0 Å². The predicted octanol–water partition coefficient (Wildman–Crippen LogP) is 2.41. The van der Waals surface area contributed by atoms with Crippen LogP contribution in [-0.4, -0.2) is 23.9 Å². The van der Waals surface area contributed by atoms with E-state index in [9.17, 15) is 4.79 Å². The number of hydrogen-bond donors (Lipinski definition) is 0. The van der Waals surface area contributed by atoms with Gasteiger partial charge in [-0.1, -0.05) is 37.3 Å². The molecule has 0 aromatic heterocycles. The highest BCUT2D eigenvalue weighted by Crippen LogP contribution is 2.21. The number of carbonyl (C=O) groups is 1. The zero-order valence-corrected chi connectivity index (χ0v) is 9.15. The number of hydrogen-bond acceptors (Lipinski definition) is 1. The van der Waals surface area contributed by atoms with E-state index in [0.717, 1.165) is 13.1 Å². The van der Waals surface area contributed by atoms with Crippen LogP contribution in [-0.2, 0) is 4.79 Å². The van der Waals surface area contributed by atoms with Crippen molar-refractivity contribution in [3.05, 3.63) is 35.9 Å². The molecule has 2 rings (SSSR count). The molecule has 1 aromatic carbocycles. The minimum absolute atomic E-state index is 0.303. The van der Waals surface area contributed by atoms with Crippen LogP contribution in [0.1, 0.15) is 31.2 Å². The fourth-order valence-corrected chi connectivity index (χ4v) is 1.86. The first-order valence-electron chi connectivity index (χ1n) is 5.60. The smallest absolute Gasteiger partial charge is 0.223 e. The Balaban J connectivity index is 1.91. The number of amides is 1. The molecule has 0 spiro atoms. The van der Waals surface area contributed by atoms with Crippen molar-refractivity contribution in [2.75, 3.05) is 13.1 Å². The van der Waals surface area contributed by atoms with Crippen molar-refractivity contribution in [3.8, 4) is 0 Å². The lowest BCUT2D eigenvalue weighted by molar-refractivity contribution is -0.134. The van der Waals surface area contributed by atoms with Crippen LogP contribution in [0.5, 0.6) is 0 Å². The fourth-order valence-electron chi connectivity index (χ4n) is 1.86. The topological polar surface area (TPSA) is 20.3 Å². The van der Waals surface area contributed by atoms with Gasteiger partial charge in [0.05, 0.1) is 0 Å². The molecule has 80 valence electrons. The largest absolute Gasteiger partial charge is 0.343 e. The molecule has 1 amide bonds. The quantitative estimate of drug-likeness (QED) is 0.738. The Hall–Kier alpha value is -1.31. The molecule has 1 aliphatic rings. The summed E-state index contributed by atoms with van der Waals surface area (Å²) in [4.78, 5) is 13.7. The van der Waals surface area contributed by atoms with Crippen LogP contribution in [0.2, 0.25) is 0 Å². The molecule has 0 bridgehead atoms. The van der Waals surface area contributed by atoms with Gasteiger partial charge < -0.3 is 4.90 Å². The molecular formula is C13H17NO. The molecule has 1 unspecified atom stereocenters. The van der Waals surface area contributed by atoms with Crippen LogP contribution in [0.25, 0.3) is 0 Å². The van der Waals surface area contributed by atoms with E-state index in [0.29, 0.717) is 18.2 Å². The first-order chi connectivity index (χ1) is 7.27. The minimum atomic E-state index is 0.303. The Bertz CT molecular complexity index is 330. The molecule has 1 heterocycles. The normalized spacial score (nSPS) is 17.0. The van der Waals surface area contributed by atoms with E-state index in [4.69, 9.17) is 0 Å². The van der Waals surface area contributed by atoms with E-state index in [1.807, 2.05) is 23.1 Å². The van der Waals surface area contributed by atoms with Crippen LogP contribution < -0.4 is 0 Å². The van der Waals surface area contributed by atoms with Crippen molar-refractivity contribution in [2.24, 2.45) is 0 Å². The summed E-state index contributed by atoms with van der Waals surface area (Å²) in [6.45, 7) is 4.04. The molecule has 2 heteroatoms. The molecule has 1 aliphatic heterocycles. The molecule has 0 N–H and O–H groups in total. The molecule has 0 saturated carbocycles. The number of rotatable bonds is 3. The molecule has 1 fully saturated rings. The van der Waals surface area contributed by atoms with Gasteiger partial charge in [0.2, 0.25) is 5.91 Å². The third-order valence-corrected chi connectivity index (χ3v) is 3.06. The van der Waals surface area contributed by atoms with Crippen LogP contribution in [0, 0.1) is 0 Å². The lowest BCUT2D eigenvalue weighted by Crippen LogP contribution is -2.42. The molecular weight excluding hydrogens is 186 g/mol. The molecule has 0 aliphatic carbocycles. The van der Waals surface area contributed by atoms with E-state index < -0.39 is 0 Å². The first-order valence-corrected chi connectivity index (χ1v) is 5.60. The van der Waals surface area contributed by atoms with Crippen molar-refractivity contribution in [3.63, 3.8) is 0 Å². The highest BCUT2D eigenvalue weighted by atomic mass is 16.2. The number of benzene rings is 1. The van der Waals surface area contributed by atoms with Crippen molar-refractivity contribution in [2.45, 2.75) is 25.7 Å². The van der Waals surface area contributed by atoms with Crippen molar-refractivity contribution < 1.29 is 4.79 Å². The second-order valence-corrected chi connectivity index (χ2v) is 4.25. The lowest BCUT2D eigenvalue weighted by atomic mass is 9.97. The Morgan fingerprint density at radius 3 is 2.53 bits per heavy atom. The third-order valence-electron chi connectivity index (χ3n) is 3.06. The van der Waals surface area contributed by atoms with E-state index in [-0.39, 0.29) is 0 Å². The molecule has 1 saturated heterocycles. The van der Waals surface area contributed by atoms with Gasteiger partial charge in [0, 0.05) is 19.5 Å². The maximum atomic E-state index is 11.7. The fraction of sp³-hybridized carbons (Fsp3) is 0.462. The summed E-state index contributed by atoms with van der Waals surface area (Å²) in [5.41, 5.74) is 1.26. The average Bonchev–Trinajstić information content (AvgIpc) is 2.16. The zero-order chi connectivity index (χ0) is 10.7. The highest BCUT2D eigenvalue weighted by Gasteiger charge is 2.21. The predicted molar refractivity (Wildman–Crippen MR) is 60.7 cm³/mol. The SMILES string of the molecule is CC(CC(=O)N1CCC1)c1ccccc1. The van der Waals surface area contributed by atoms with Crippen LogP contribution >= 0.6 is 0 Å². The number of nitrogens with zero attached hydrogens (tertiary/aromatic N) is 1. The van der Waals surface area contributed by atoms with E-state index in [2.05, 4.69) is 19.1 Å². The highest BCUT2D eigenvalue weighted by molar-refractivity contribution is 5.77. The maximum absolute atomic E-state index is 11.7. The second kappa shape index (κ2) is 4.47. The summed E-state index contributed by atoms with van der Waals surface area (Å²) in [6, 6.07) is 10.2. The van der Waals surface area contributed by atoms with Gasteiger partial charge in [0.1, 0.15) is 0 Å². The van der Waals surface area contributed by atoms with Crippen molar-refractivity contribution in [1.29, 1.82) is 0 Å². The average molecular weight is 203 g/mol. The summed E-state index contributed by atoms with van der Waals surface area (Å²) in [7, 11) is 0. The number of carbonyl (C=O) groups excluding carboxylic acids is 1. The van der Waals surface area contributed by atoms with Gasteiger partial charge in [0.25, 0.3) is 0 Å². The molecule has 1 atom stereocenters. The molecule has 2 nitrogen and oxygen atoms in total. The van der Waals surface area contributed by atoms with Crippen LogP contribution in [0.4, 0.5) is 0 Å². The third kappa shape index (κ3) is 2.38. The van der Waals surface area contributed by atoms with Crippen molar-refractivity contribution in [1.82, 2.24) is 4.90 Å².